The maximum atomic E-state index is 14.9. The van der Waals surface area contributed by atoms with Crippen LogP contribution in [0.2, 0.25) is 0 Å². The number of alkyl halides is 1. The smallest absolute Gasteiger partial charge is 0.217 e. The Morgan fingerprint density at radius 1 is 1.00 bits per heavy atom. The van der Waals surface area contributed by atoms with E-state index in [1.807, 2.05) is 26.0 Å². The van der Waals surface area contributed by atoms with Gasteiger partial charge in [-0.05, 0) is 36.8 Å². The van der Waals surface area contributed by atoms with Crippen molar-refractivity contribution in [2.24, 2.45) is 0 Å². The summed E-state index contributed by atoms with van der Waals surface area (Å²) in [6.45, 7) is 7.76. The molecule has 0 spiro atoms. The molecule has 0 aromatic heterocycles. The summed E-state index contributed by atoms with van der Waals surface area (Å²) in [6, 6.07) is 7.96. The molecule has 1 rings (SSSR count). The fraction of sp³-hybridized carbons (Fsp3) is 0.696. The molecule has 0 radical (unpaired) electrons. The Hall–Kier alpha value is -1.38. The van der Waals surface area contributed by atoms with Crippen molar-refractivity contribution in [3.8, 4) is 0 Å². The first-order chi connectivity index (χ1) is 12.5. The summed E-state index contributed by atoms with van der Waals surface area (Å²) in [6.07, 6.45) is 9.58. The van der Waals surface area contributed by atoms with Crippen LogP contribution in [0, 0.1) is 0 Å². The first-order valence-electron chi connectivity index (χ1n) is 10.5. The van der Waals surface area contributed by atoms with E-state index in [9.17, 15) is 9.18 Å². The minimum Gasteiger partial charge on any atom is -0.351 e. The van der Waals surface area contributed by atoms with Crippen molar-refractivity contribution >= 4 is 5.91 Å². The van der Waals surface area contributed by atoms with Gasteiger partial charge in [0, 0.05) is 18.9 Å². The second kappa shape index (κ2) is 12.1. The quantitative estimate of drug-likeness (QED) is 0.389. The second-order valence-corrected chi connectivity index (χ2v) is 7.60. The molecule has 0 saturated heterocycles. The molecule has 1 amide bonds. The van der Waals surface area contributed by atoms with Crippen LogP contribution in [0.25, 0.3) is 0 Å². The number of rotatable bonds is 13. The zero-order chi connectivity index (χ0) is 19.4. The topological polar surface area (TPSA) is 29.1 Å². The Bertz CT molecular complexity index is 507. The van der Waals surface area contributed by atoms with Gasteiger partial charge < -0.3 is 5.32 Å². The zero-order valence-corrected chi connectivity index (χ0v) is 17.2. The van der Waals surface area contributed by atoms with E-state index in [1.165, 1.54) is 51.0 Å². The molecule has 0 heterocycles. The Morgan fingerprint density at radius 3 is 2.12 bits per heavy atom. The second-order valence-electron chi connectivity index (χ2n) is 7.60. The number of halogens is 1. The zero-order valence-electron chi connectivity index (χ0n) is 17.2. The highest BCUT2D eigenvalue weighted by atomic mass is 19.1. The van der Waals surface area contributed by atoms with E-state index >= 15 is 0 Å². The summed E-state index contributed by atoms with van der Waals surface area (Å²) in [5, 5.41) is 2.97. The van der Waals surface area contributed by atoms with Gasteiger partial charge in [-0.2, -0.15) is 0 Å². The van der Waals surface area contributed by atoms with Crippen LogP contribution in [0.1, 0.15) is 103 Å². The number of amides is 1. The van der Waals surface area contributed by atoms with E-state index < -0.39 is 11.7 Å². The van der Waals surface area contributed by atoms with Gasteiger partial charge in [-0.1, -0.05) is 77.1 Å². The molecule has 1 N–H and O–H groups in total. The van der Waals surface area contributed by atoms with E-state index in [-0.39, 0.29) is 5.91 Å². The van der Waals surface area contributed by atoms with Gasteiger partial charge in [0.25, 0.3) is 0 Å². The molecule has 2 nitrogen and oxygen atoms in total. The first-order valence-corrected chi connectivity index (χ1v) is 10.5. The van der Waals surface area contributed by atoms with E-state index in [2.05, 4.69) is 24.4 Å². The predicted molar refractivity (Wildman–Crippen MR) is 109 cm³/mol. The molecule has 148 valence electrons. The summed E-state index contributed by atoms with van der Waals surface area (Å²) in [4.78, 5) is 11.5. The first kappa shape index (κ1) is 22.7. The Kier molecular flexibility index (Phi) is 10.5. The molecule has 0 aliphatic carbocycles. The summed E-state index contributed by atoms with van der Waals surface area (Å²) in [5.74, 6) is -0.0878. The Balaban J connectivity index is 2.54. The monoisotopic (exact) mass is 363 g/mol. The van der Waals surface area contributed by atoms with Crippen LogP contribution >= 0.6 is 0 Å². The van der Waals surface area contributed by atoms with Crippen LogP contribution in [0.4, 0.5) is 4.39 Å². The Morgan fingerprint density at radius 2 is 1.58 bits per heavy atom. The minimum atomic E-state index is -1.05. The normalized spacial score (nSPS) is 12.8. The average Bonchev–Trinajstić information content (AvgIpc) is 2.64. The fourth-order valence-corrected chi connectivity index (χ4v) is 3.60. The summed E-state index contributed by atoms with van der Waals surface area (Å²) >= 11 is 0. The minimum absolute atomic E-state index is 0.0878. The van der Waals surface area contributed by atoms with E-state index in [1.54, 1.807) is 0 Å². The fourth-order valence-electron chi connectivity index (χ4n) is 3.60. The van der Waals surface area contributed by atoms with Crippen LogP contribution in [-0.2, 0) is 11.2 Å². The van der Waals surface area contributed by atoms with Crippen LogP contribution in [0.3, 0.4) is 0 Å². The molecule has 0 aliphatic rings. The maximum Gasteiger partial charge on any atom is 0.217 e. The third-order valence-corrected chi connectivity index (χ3v) is 5.53. The summed E-state index contributed by atoms with van der Waals surface area (Å²) in [7, 11) is 0. The molecular weight excluding hydrogens is 325 g/mol. The van der Waals surface area contributed by atoms with Crippen molar-refractivity contribution < 1.29 is 9.18 Å². The number of aryl methyl sites for hydroxylation is 1. The molecule has 0 aliphatic heterocycles. The third kappa shape index (κ3) is 7.88. The van der Waals surface area contributed by atoms with Crippen molar-refractivity contribution in [3.63, 3.8) is 0 Å². The number of nitrogens with one attached hydrogen (secondary N) is 1. The lowest BCUT2D eigenvalue weighted by molar-refractivity contribution is -0.121. The lowest BCUT2D eigenvalue weighted by Crippen LogP contribution is -2.47. The van der Waals surface area contributed by atoms with Crippen LogP contribution < -0.4 is 5.32 Å². The summed E-state index contributed by atoms with van der Waals surface area (Å²) < 4.78 is 14.9. The lowest BCUT2D eigenvalue weighted by atomic mass is 9.85. The number of unbranched alkanes of at least 4 members (excludes halogenated alkanes) is 5. The Labute approximate surface area is 160 Å². The molecule has 3 heteroatoms. The number of hydrogen-bond donors (Lipinski definition) is 1. The lowest BCUT2D eigenvalue weighted by Gasteiger charge is -2.34. The van der Waals surface area contributed by atoms with Gasteiger partial charge in [-0.3, -0.25) is 4.79 Å². The third-order valence-electron chi connectivity index (χ3n) is 5.53. The van der Waals surface area contributed by atoms with Crippen molar-refractivity contribution in [1.82, 2.24) is 5.32 Å². The number of hydrogen-bond acceptors (Lipinski definition) is 1. The van der Waals surface area contributed by atoms with Crippen LogP contribution in [0.15, 0.2) is 24.3 Å². The van der Waals surface area contributed by atoms with Gasteiger partial charge in [0.1, 0.15) is 6.17 Å². The van der Waals surface area contributed by atoms with Gasteiger partial charge in [-0.25, -0.2) is 4.39 Å². The van der Waals surface area contributed by atoms with Gasteiger partial charge in [0.15, 0.2) is 0 Å². The molecule has 1 atom stereocenters. The molecule has 26 heavy (non-hydrogen) atoms. The predicted octanol–water partition coefficient (Wildman–Crippen LogP) is 6.69. The van der Waals surface area contributed by atoms with Gasteiger partial charge in [-0.15, -0.1) is 0 Å². The molecular formula is C23H38FNO. The van der Waals surface area contributed by atoms with Crippen LogP contribution in [-0.4, -0.2) is 11.4 Å². The average molecular weight is 364 g/mol. The van der Waals surface area contributed by atoms with Crippen molar-refractivity contribution in [3.05, 3.63) is 35.4 Å². The molecule has 1 aromatic rings. The highest BCUT2D eigenvalue weighted by Gasteiger charge is 2.31. The van der Waals surface area contributed by atoms with Crippen molar-refractivity contribution in [1.29, 1.82) is 0 Å². The largest absolute Gasteiger partial charge is 0.351 e. The molecule has 1 aromatic carbocycles. The molecule has 0 fully saturated rings. The van der Waals surface area contributed by atoms with Crippen molar-refractivity contribution in [2.75, 3.05) is 0 Å². The maximum absolute atomic E-state index is 14.9. The number of carbonyl (C=O) groups excluding carboxylic acids is 1. The van der Waals surface area contributed by atoms with E-state index in [4.69, 9.17) is 0 Å². The highest BCUT2D eigenvalue weighted by Crippen LogP contribution is 2.32. The van der Waals surface area contributed by atoms with Crippen LogP contribution in [0.5, 0.6) is 0 Å². The SMILES string of the molecule is CCCCCCCCc1ccc(C(F)CC(CC)(CC)NC(C)=O)cc1. The molecule has 0 bridgehead atoms. The van der Waals surface area contributed by atoms with E-state index in [0.717, 1.165) is 19.3 Å². The highest BCUT2D eigenvalue weighted by molar-refractivity contribution is 5.73. The summed E-state index contributed by atoms with van der Waals surface area (Å²) in [5.41, 5.74) is 1.55. The van der Waals surface area contributed by atoms with Gasteiger partial charge in [0.05, 0.1) is 0 Å². The van der Waals surface area contributed by atoms with Gasteiger partial charge >= 0.3 is 0 Å². The van der Waals surface area contributed by atoms with Crippen molar-refractivity contribution in [2.45, 2.75) is 104 Å². The molecule has 0 saturated carbocycles. The standard InChI is InChI=1S/C23H38FNO/c1-5-8-9-10-11-12-13-20-14-16-21(17-15-20)22(24)18-23(6-2,7-3)25-19(4)26/h14-17,22H,5-13,18H2,1-4H3,(H,25,26). The van der Waals surface area contributed by atoms with Gasteiger partial charge in [0.2, 0.25) is 5.91 Å². The number of benzene rings is 1. The van der Waals surface area contributed by atoms with E-state index in [0.29, 0.717) is 12.0 Å². The number of carbonyl (C=O) groups is 1. The molecule has 1 unspecified atom stereocenters.